The number of nitrogens with one attached hydrogen (secondary N) is 2. The van der Waals surface area contributed by atoms with E-state index >= 15 is 0 Å². The Morgan fingerprint density at radius 3 is 2.55 bits per heavy atom. The standard InChI is InChI=1S/C21H22BrN3O3S/c1-3-12-23-21-25(19(14-29-21)15-4-8-17(27-2)9-5-15)24-20(26)13-28-18-10-6-16(22)7-11-18/h3-11,14,21,23H,1,12-13H2,2H3,(H,24,26)/t21-/m1/s1. The molecular formula is C21H22BrN3O3S. The van der Waals surface area contributed by atoms with Crippen molar-refractivity contribution in [3.8, 4) is 11.5 Å². The molecule has 1 aliphatic rings. The van der Waals surface area contributed by atoms with E-state index in [0.717, 1.165) is 21.5 Å². The quantitative estimate of drug-likeness (QED) is 0.534. The van der Waals surface area contributed by atoms with E-state index in [1.54, 1.807) is 37.1 Å². The summed E-state index contributed by atoms with van der Waals surface area (Å²) in [5.41, 5.74) is 4.64. The maximum atomic E-state index is 12.5. The lowest BCUT2D eigenvalue weighted by Gasteiger charge is -2.29. The first-order valence-corrected chi connectivity index (χ1v) is 10.7. The molecule has 8 heteroatoms. The lowest BCUT2D eigenvalue weighted by atomic mass is 10.1. The molecule has 29 heavy (non-hydrogen) atoms. The Kier molecular flexibility index (Phi) is 7.62. The summed E-state index contributed by atoms with van der Waals surface area (Å²) in [5, 5.41) is 7.14. The second-order valence-electron chi connectivity index (χ2n) is 6.06. The van der Waals surface area contributed by atoms with Gasteiger partial charge in [0.1, 0.15) is 11.5 Å². The predicted molar refractivity (Wildman–Crippen MR) is 120 cm³/mol. The summed E-state index contributed by atoms with van der Waals surface area (Å²) in [6.45, 7) is 4.27. The van der Waals surface area contributed by atoms with Gasteiger partial charge in [0.15, 0.2) is 12.1 Å². The van der Waals surface area contributed by atoms with E-state index in [4.69, 9.17) is 9.47 Å². The number of hydrogen-bond donors (Lipinski definition) is 2. The Morgan fingerprint density at radius 1 is 1.21 bits per heavy atom. The van der Waals surface area contributed by atoms with E-state index in [2.05, 4.69) is 33.3 Å². The zero-order chi connectivity index (χ0) is 20.6. The maximum Gasteiger partial charge on any atom is 0.276 e. The highest BCUT2D eigenvalue weighted by atomic mass is 79.9. The molecule has 0 saturated heterocycles. The minimum atomic E-state index is -0.250. The van der Waals surface area contributed by atoms with Gasteiger partial charge in [-0.1, -0.05) is 33.8 Å². The van der Waals surface area contributed by atoms with Crippen LogP contribution in [0.3, 0.4) is 0 Å². The fraction of sp³-hybridized carbons (Fsp3) is 0.190. The molecule has 152 valence electrons. The van der Waals surface area contributed by atoms with Crippen molar-refractivity contribution in [3.05, 3.63) is 76.6 Å². The first kappa shape index (κ1) is 21.3. The maximum absolute atomic E-state index is 12.5. The number of carbonyl (C=O) groups is 1. The van der Waals surface area contributed by atoms with Crippen LogP contribution in [-0.2, 0) is 4.79 Å². The van der Waals surface area contributed by atoms with Crippen LogP contribution in [0.5, 0.6) is 11.5 Å². The summed E-state index contributed by atoms with van der Waals surface area (Å²) in [7, 11) is 1.63. The lowest BCUT2D eigenvalue weighted by molar-refractivity contribution is -0.126. The van der Waals surface area contributed by atoms with Crippen molar-refractivity contribution in [2.45, 2.75) is 5.50 Å². The molecular weight excluding hydrogens is 454 g/mol. The van der Waals surface area contributed by atoms with Gasteiger partial charge in [-0.3, -0.25) is 20.5 Å². The third-order valence-electron chi connectivity index (χ3n) is 4.05. The molecule has 0 saturated carbocycles. The van der Waals surface area contributed by atoms with Crippen LogP contribution in [0.15, 0.2) is 71.1 Å². The highest BCUT2D eigenvalue weighted by molar-refractivity contribution is 9.10. The normalized spacial score (nSPS) is 15.6. The molecule has 1 amide bonds. The zero-order valence-corrected chi connectivity index (χ0v) is 18.3. The Morgan fingerprint density at radius 2 is 1.90 bits per heavy atom. The van der Waals surface area contributed by atoms with E-state index in [1.807, 2.05) is 46.8 Å². The number of thioether (sulfide) groups is 1. The van der Waals surface area contributed by atoms with E-state index in [0.29, 0.717) is 12.3 Å². The molecule has 1 heterocycles. The van der Waals surface area contributed by atoms with Gasteiger partial charge in [0, 0.05) is 22.0 Å². The Balaban J connectivity index is 1.67. The van der Waals surface area contributed by atoms with Gasteiger partial charge in [-0.15, -0.1) is 6.58 Å². The molecule has 0 aliphatic carbocycles. The van der Waals surface area contributed by atoms with Crippen LogP contribution in [0.25, 0.3) is 5.70 Å². The smallest absolute Gasteiger partial charge is 0.276 e. The molecule has 3 rings (SSSR count). The number of rotatable bonds is 9. The number of ether oxygens (including phenoxy) is 2. The number of hydrazine groups is 1. The molecule has 2 N–H and O–H groups in total. The fourth-order valence-corrected chi connectivity index (χ4v) is 3.88. The van der Waals surface area contributed by atoms with Gasteiger partial charge < -0.3 is 9.47 Å². The van der Waals surface area contributed by atoms with Gasteiger partial charge >= 0.3 is 0 Å². The second kappa shape index (κ2) is 10.4. The molecule has 2 aromatic rings. The molecule has 0 bridgehead atoms. The van der Waals surface area contributed by atoms with Crippen LogP contribution in [0.1, 0.15) is 5.56 Å². The SMILES string of the molecule is C=CCN[C@H]1SC=C(c2ccc(OC)cc2)N1NC(=O)COc1ccc(Br)cc1. The molecule has 2 aromatic carbocycles. The third-order valence-corrected chi connectivity index (χ3v) is 5.58. The largest absolute Gasteiger partial charge is 0.497 e. The minimum Gasteiger partial charge on any atom is -0.497 e. The number of benzene rings is 2. The van der Waals surface area contributed by atoms with Crippen LogP contribution in [-0.4, -0.2) is 36.7 Å². The van der Waals surface area contributed by atoms with Crippen molar-refractivity contribution in [2.75, 3.05) is 20.3 Å². The first-order chi connectivity index (χ1) is 14.1. The average molecular weight is 476 g/mol. The van der Waals surface area contributed by atoms with Crippen molar-refractivity contribution in [1.29, 1.82) is 0 Å². The minimum absolute atomic E-state index is 0.0904. The monoisotopic (exact) mass is 475 g/mol. The summed E-state index contributed by atoms with van der Waals surface area (Å²) >= 11 is 4.95. The van der Waals surface area contributed by atoms with Crippen molar-refractivity contribution in [3.63, 3.8) is 0 Å². The van der Waals surface area contributed by atoms with Crippen molar-refractivity contribution >= 4 is 39.3 Å². The van der Waals surface area contributed by atoms with Gasteiger partial charge in [-0.05, 0) is 48.5 Å². The summed E-state index contributed by atoms with van der Waals surface area (Å²) in [6, 6.07) is 15.0. The number of nitrogens with zero attached hydrogens (tertiary/aromatic N) is 1. The van der Waals surface area contributed by atoms with Crippen molar-refractivity contribution in [1.82, 2.24) is 15.8 Å². The molecule has 6 nitrogen and oxygen atoms in total. The van der Waals surface area contributed by atoms with Crippen molar-refractivity contribution in [2.24, 2.45) is 0 Å². The average Bonchev–Trinajstić information content (AvgIpc) is 3.14. The summed E-state index contributed by atoms with van der Waals surface area (Å²) in [5.74, 6) is 1.16. The number of methoxy groups -OCH3 is 1. The van der Waals surface area contributed by atoms with Crippen LogP contribution in [0.4, 0.5) is 0 Å². The molecule has 0 fully saturated rings. The third kappa shape index (κ3) is 5.79. The summed E-state index contributed by atoms with van der Waals surface area (Å²) in [6.07, 6.45) is 1.78. The Labute approximate surface area is 183 Å². The summed E-state index contributed by atoms with van der Waals surface area (Å²) in [4.78, 5) is 12.5. The van der Waals surface area contributed by atoms with Gasteiger partial charge in [0.05, 0.1) is 12.8 Å². The molecule has 0 aromatic heterocycles. The van der Waals surface area contributed by atoms with E-state index in [-0.39, 0.29) is 18.0 Å². The topological polar surface area (TPSA) is 62.8 Å². The van der Waals surface area contributed by atoms with Crippen LogP contribution in [0, 0.1) is 0 Å². The van der Waals surface area contributed by atoms with E-state index in [9.17, 15) is 4.79 Å². The second-order valence-corrected chi connectivity index (χ2v) is 7.93. The molecule has 0 unspecified atom stereocenters. The Hall–Kier alpha value is -2.42. The van der Waals surface area contributed by atoms with Gasteiger partial charge in [0.2, 0.25) is 0 Å². The molecule has 1 aliphatic heterocycles. The van der Waals surface area contributed by atoms with Crippen LogP contribution in [0.2, 0.25) is 0 Å². The fourth-order valence-electron chi connectivity index (χ4n) is 2.63. The first-order valence-electron chi connectivity index (χ1n) is 8.92. The van der Waals surface area contributed by atoms with Crippen molar-refractivity contribution < 1.29 is 14.3 Å². The predicted octanol–water partition coefficient (Wildman–Crippen LogP) is 3.97. The molecule has 0 spiro atoms. The Bertz CT molecular complexity index is 872. The highest BCUT2D eigenvalue weighted by Crippen LogP contribution is 2.34. The zero-order valence-electron chi connectivity index (χ0n) is 15.9. The number of halogens is 1. The van der Waals surface area contributed by atoms with Gasteiger partial charge in [-0.2, -0.15) is 0 Å². The van der Waals surface area contributed by atoms with E-state index < -0.39 is 0 Å². The number of amides is 1. The summed E-state index contributed by atoms with van der Waals surface area (Å²) < 4.78 is 11.8. The number of carbonyl (C=O) groups excluding carboxylic acids is 1. The molecule has 0 radical (unpaired) electrons. The van der Waals surface area contributed by atoms with Gasteiger partial charge in [-0.25, -0.2) is 0 Å². The molecule has 1 atom stereocenters. The van der Waals surface area contributed by atoms with E-state index in [1.165, 1.54) is 0 Å². The van der Waals surface area contributed by atoms with Crippen LogP contribution < -0.4 is 20.2 Å². The lowest BCUT2D eigenvalue weighted by Crippen LogP contribution is -2.50. The van der Waals surface area contributed by atoms with Crippen LogP contribution >= 0.6 is 27.7 Å². The van der Waals surface area contributed by atoms with Gasteiger partial charge in [0.25, 0.3) is 5.91 Å². The number of hydrogen-bond acceptors (Lipinski definition) is 6. The highest BCUT2D eigenvalue weighted by Gasteiger charge is 2.29.